The summed E-state index contributed by atoms with van der Waals surface area (Å²) in [6, 6.07) is 7.43. The molecule has 0 atom stereocenters. The number of benzene rings is 2. The lowest BCUT2D eigenvalue weighted by atomic mass is 9.97. The van der Waals surface area contributed by atoms with Crippen LogP contribution in [0.5, 0.6) is 11.5 Å². The highest BCUT2D eigenvalue weighted by Gasteiger charge is 2.20. The molecule has 0 aliphatic rings. The van der Waals surface area contributed by atoms with E-state index in [0.717, 1.165) is 6.07 Å². The van der Waals surface area contributed by atoms with E-state index in [0.29, 0.717) is 22.6 Å². The Balaban J connectivity index is 2.56. The Kier molecular flexibility index (Phi) is 4.12. The predicted octanol–water partition coefficient (Wildman–Crippen LogP) is 2.96. The zero-order valence-corrected chi connectivity index (χ0v) is 12.1. The molecule has 0 aliphatic carbocycles. The predicted molar refractivity (Wildman–Crippen MR) is 78.5 cm³/mol. The Hall–Kier alpha value is -2.56. The van der Waals surface area contributed by atoms with E-state index in [-0.39, 0.29) is 11.3 Å². The normalized spacial score (nSPS) is 10.3. The summed E-state index contributed by atoms with van der Waals surface area (Å²) in [7, 11) is 2.83. The monoisotopic (exact) mass is 289 g/mol. The van der Waals surface area contributed by atoms with Gasteiger partial charge < -0.3 is 15.2 Å². The van der Waals surface area contributed by atoms with Gasteiger partial charge in [-0.3, -0.25) is 4.79 Å². The number of nitrogen functional groups attached to an aromatic ring is 1. The maximum absolute atomic E-state index is 14.1. The lowest BCUT2D eigenvalue weighted by molar-refractivity contribution is 0.103. The van der Waals surface area contributed by atoms with Crippen molar-refractivity contribution in [1.29, 1.82) is 0 Å². The van der Waals surface area contributed by atoms with Crippen molar-refractivity contribution in [3.05, 3.63) is 52.8 Å². The molecule has 0 spiro atoms. The van der Waals surface area contributed by atoms with Crippen LogP contribution in [0.4, 0.5) is 10.1 Å². The Morgan fingerprint density at radius 3 is 2.33 bits per heavy atom. The molecule has 0 unspecified atom stereocenters. The van der Waals surface area contributed by atoms with Gasteiger partial charge in [0.25, 0.3) is 0 Å². The number of ether oxygens (including phenoxy) is 2. The van der Waals surface area contributed by atoms with Crippen molar-refractivity contribution in [2.75, 3.05) is 20.0 Å². The highest BCUT2D eigenvalue weighted by Crippen LogP contribution is 2.31. The third kappa shape index (κ3) is 2.67. The fourth-order valence-electron chi connectivity index (χ4n) is 2.07. The van der Waals surface area contributed by atoms with E-state index in [2.05, 4.69) is 0 Å². The van der Waals surface area contributed by atoms with Gasteiger partial charge in [-0.25, -0.2) is 4.39 Å². The molecule has 5 heteroatoms. The zero-order valence-electron chi connectivity index (χ0n) is 12.1. The van der Waals surface area contributed by atoms with Gasteiger partial charge in [0.1, 0.15) is 5.82 Å². The third-order valence-electron chi connectivity index (χ3n) is 3.34. The molecule has 0 saturated heterocycles. The van der Waals surface area contributed by atoms with E-state index >= 15 is 0 Å². The number of anilines is 1. The van der Waals surface area contributed by atoms with Gasteiger partial charge in [0, 0.05) is 17.3 Å². The fourth-order valence-corrected chi connectivity index (χ4v) is 2.07. The van der Waals surface area contributed by atoms with Crippen LogP contribution in [0.15, 0.2) is 30.3 Å². The number of ketones is 1. The van der Waals surface area contributed by atoms with Gasteiger partial charge in [-0.2, -0.15) is 0 Å². The SMILES string of the molecule is COc1cc(F)c(C(=O)c2cccc(N)c2C)cc1OC. The van der Waals surface area contributed by atoms with Crippen molar-refractivity contribution in [3.8, 4) is 11.5 Å². The van der Waals surface area contributed by atoms with Crippen LogP contribution >= 0.6 is 0 Å². The Morgan fingerprint density at radius 2 is 1.71 bits per heavy atom. The molecule has 2 aromatic carbocycles. The first-order valence-corrected chi connectivity index (χ1v) is 6.31. The highest BCUT2D eigenvalue weighted by molar-refractivity contribution is 6.11. The molecule has 0 fully saturated rings. The number of hydrogen-bond donors (Lipinski definition) is 1. The van der Waals surface area contributed by atoms with Crippen LogP contribution in [0.3, 0.4) is 0 Å². The van der Waals surface area contributed by atoms with Crippen molar-refractivity contribution in [3.63, 3.8) is 0 Å². The number of hydrogen-bond acceptors (Lipinski definition) is 4. The number of nitrogens with two attached hydrogens (primary N) is 1. The first-order chi connectivity index (χ1) is 9.99. The van der Waals surface area contributed by atoms with Crippen molar-refractivity contribution in [2.24, 2.45) is 0 Å². The van der Waals surface area contributed by atoms with E-state index in [1.54, 1.807) is 25.1 Å². The van der Waals surface area contributed by atoms with Crippen molar-refractivity contribution in [1.82, 2.24) is 0 Å². The smallest absolute Gasteiger partial charge is 0.196 e. The Morgan fingerprint density at radius 1 is 1.10 bits per heavy atom. The molecule has 0 heterocycles. The quantitative estimate of drug-likeness (QED) is 0.694. The molecule has 2 aromatic rings. The number of carbonyl (C=O) groups excluding carboxylic acids is 1. The standard InChI is InChI=1S/C16H16FNO3/c1-9-10(5-4-6-13(9)18)16(19)11-7-14(20-2)15(21-3)8-12(11)17/h4-8H,18H2,1-3H3. The van der Waals surface area contributed by atoms with E-state index in [9.17, 15) is 9.18 Å². The van der Waals surface area contributed by atoms with Gasteiger partial charge in [0.05, 0.1) is 19.8 Å². The number of halogens is 1. The number of rotatable bonds is 4. The minimum Gasteiger partial charge on any atom is -0.493 e. The topological polar surface area (TPSA) is 61.5 Å². The molecule has 0 bridgehead atoms. The van der Waals surface area contributed by atoms with Gasteiger partial charge in [-0.05, 0) is 24.6 Å². The van der Waals surface area contributed by atoms with Crippen LogP contribution in [-0.2, 0) is 0 Å². The second-order valence-electron chi connectivity index (χ2n) is 4.54. The summed E-state index contributed by atoms with van der Waals surface area (Å²) in [5.41, 5.74) is 7.18. The van der Waals surface area contributed by atoms with Gasteiger partial charge in [-0.15, -0.1) is 0 Å². The van der Waals surface area contributed by atoms with Gasteiger partial charge >= 0.3 is 0 Å². The average Bonchev–Trinajstić information content (AvgIpc) is 2.49. The molecule has 2 rings (SSSR count). The Bertz CT molecular complexity index is 698. The number of methoxy groups -OCH3 is 2. The van der Waals surface area contributed by atoms with Crippen molar-refractivity contribution < 1.29 is 18.7 Å². The summed E-state index contributed by atoms with van der Waals surface area (Å²) in [4.78, 5) is 12.5. The summed E-state index contributed by atoms with van der Waals surface area (Å²) in [5, 5.41) is 0. The molecule has 0 aromatic heterocycles. The van der Waals surface area contributed by atoms with Crippen LogP contribution in [0, 0.1) is 12.7 Å². The first kappa shape index (κ1) is 14.8. The van der Waals surface area contributed by atoms with E-state index in [4.69, 9.17) is 15.2 Å². The lowest BCUT2D eigenvalue weighted by Crippen LogP contribution is -2.08. The van der Waals surface area contributed by atoms with E-state index < -0.39 is 11.6 Å². The van der Waals surface area contributed by atoms with Gasteiger partial charge in [0.2, 0.25) is 0 Å². The van der Waals surface area contributed by atoms with Crippen molar-refractivity contribution >= 4 is 11.5 Å². The summed E-state index contributed by atoms with van der Waals surface area (Å²) in [5.74, 6) is -0.586. The van der Waals surface area contributed by atoms with E-state index in [1.165, 1.54) is 20.3 Å². The van der Waals surface area contributed by atoms with Crippen LogP contribution in [0.25, 0.3) is 0 Å². The summed E-state index contributed by atoms with van der Waals surface area (Å²) >= 11 is 0. The van der Waals surface area contributed by atoms with Crippen LogP contribution < -0.4 is 15.2 Å². The fraction of sp³-hybridized carbons (Fsp3) is 0.188. The lowest BCUT2D eigenvalue weighted by Gasteiger charge is -2.12. The summed E-state index contributed by atoms with van der Waals surface area (Å²) in [6.07, 6.45) is 0. The second-order valence-corrected chi connectivity index (χ2v) is 4.54. The van der Waals surface area contributed by atoms with Crippen LogP contribution in [0.2, 0.25) is 0 Å². The third-order valence-corrected chi connectivity index (χ3v) is 3.34. The van der Waals surface area contributed by atoms with E-state index in [1.807, 2.05) is 0 Å². The largest absolute Gasteiger partial charge is 0.493 e. The second kappa shape index (κ2) is 5.83. The average molecular weight is 289 g/mol. The Labute approximate surface area is 122 Å². The molecule has 0 aliphatic heterocycles. The maximum Gasteiger partial charge on any atom is 0.196 e. The number of carbonyl (C=O) groups is 1. The molecule has 2 N–H and O–H groups in total. The molecule has 21 heavy (non-hydrogen) atoms. The van der Waals surface area contributed by atoms with Gasteiger partial charge in [0.15, 0.2) is 17.3 Å². The minimum atomic E-state index is -0.667. The van der Waals surface area contributed by atoms with Gasteiger partial charge in [-0.1, -0.05) is 12.1 Å². The molecular formula is C16H16FNO3. The van der Waals surface area contributed by atoms with Crippen molar-refractivity contribution in [2.45, 2.75) is 6.92 Å². The summed E-state index contributed by atoms with van der Waals surface area (Å²) < 4.78 is 24.2. The molecule has 4 nitrogen and oxygen atoms in total. The maximum atomic E-state index is 14.1. The molecule has 0 saturated carbocycles. The van der Waals surface area contributed by atoms with Crippen LogP contribution in [-0.4, -0.2) is 20.0 Å². The minimum absolute atomic E-state index is 0.0821. The zero-order chi connectivity index (χ0) is 15.6. The molecule has 0 radical (unpaired) electrons. The molecule has 110 valence electrons. The highest BCUT2D eigenvalue weighted by atomic mass is 19.1. The molecule has 0 amide bonds. The van der Waals surface area contributed by atoms with Crippen LogP contribution in [0.1, 0.15) is 21.5 Å². The first-order valence-electron chi connectivity index (χ1n) is 6.31. The summed E-state index contributed by atoms with van der Waals surface area (Å²) in [6.45, 7) is 1.72. The molecular weight excluding hydrogens is 273 g/mol.